The Hall–Kier alpha value is -3.73. The molecule has 5 heteroatoms. The summed E-state index contributed by atoms with van der Waals surface area (Å²) < 4.78 is 0. The van der Waals surface area contributed by atoms with Gasteiger partial charge in [0.15, 0.2) is 5.69 Å². The Morgan fingerprint density at radius 2 is 1.63 bits per heavy atom. The third-order valence-corrected chi connectivity index (χ3v) is 4.39. The molecule has 0 atom stereocenters. The normalized spacial score (nSPS) is 11.3. The first-order valence-electron chi connectivity index (χ1n) is 8.55. The first kappa shape index (κ1) is 16.7. The zero-order valence-corrected chi connectivity index (χ0v) is 14.7. The van der Waals surface area contributed by atoms with Gasteiger partial charge in [-0.05, 0) is 42.3 Å². The number of aromatic nitrogens is 1. The summed E-state index contributed by atoms with van der Waals surface area (Å²) >= 11 is 0. The van der Waals surface area contributed by atoms with Gasteiger partial charge >= 0.3 is 0 Å². The molecule has 0 saturated heterocycles. The average molecular weight is 355 g/mol. The SMILES string of the molecule is Cc1ccc2[nH]c(O)c(N=NC(=O)c3ccc(-c4ccccc4)cc3)c2c1. The van der Waals surface area contributed by atoms with Crippen LogP contribution < -0.4 is 0 Å². The smallest absolute Gasteiger partial charge is 0.295 e. The summed E-state index contributed by atoms with van der Waals surface area (Å²) in [5, 5.41) is 18.5. The van der Waals surface area contributed by atoms with Crippen LogP contribution in [0.3, 0.4) is 0 Å². The van der Waals surface area contributed by atoms with E-state index in [2.05, 4.69) is 15.2 Å². The van der Waals surface area contributed by atoms with Gasteiger partial charge in [-0.25, -0.2) is 0 Å². The number of nitrogens with zero attached hydrogens (tertiary/aromatic N) is 2. The molecule has 5 nitrogen and oxygen atoms in total. The predicted molar refractivity (Wildman–Crippen MR) is 105 cm³/mol. The molecule has 0 fully saturated rings. The van der Waals surface area contributed by atoms with Crippen LogP contribution in [0.5, 0.6) is 5.88 Å². The quantitative estimate of drug-likeness (QED) is 0.457. The number of aromatic hydroxyl groups is 1. The Morgan fingerprint density at radius 1 is 0.926 bits per heavy atom. The van der Waals surface area contributed by atoms with E-state index in [4.69, 9.17) is 0 Å². The third-order valence-electron chi connectivity index (χ3n) is 4.39. The molecular formula is C22H17N3O2. The van der Waals surface area contributed by atoms with Crippen LogP contribution in [0.4, 0.5) is 5.69 Å². The molecule has 1 aromatic heterocycles. The minimum atomic E-state index is -0.462. The van der Waals surface area contributed by atoms with Gasteiger partial charge in [0.05, 0.1) is 5.52 Å². The van der Waals surface area contributed by atoms with E-state index in [1.807, 2.05) is 67.6 Å². The van der Waals surface area contributed by atoms with Crippen molar-refractivity contribution >= 4 is 22.5 Å². The number of fused-ring (bicyclic) bond motifs is 1. The van der Waals surface area contributed by atoms with Gasteiger partial charge in [-0.1, -0.05) is 54.1 Å². The van der Waals surface area contributed by atoms with Crippen molar-refractivity contribution in [2.45, 2.75) is 6.92 Å². The summed E-state index contributed by atoms with van der Waals surface area (Å²) in [6.45, 7) is 1.95. The van der Waals surface area contributed by atoms with Crippen molar-refractivity contribution in [3.63, 3.8) is 0 Å². The lowest BCUT2D eigenvalue weighted by Crippen LogP contribution is -1.93. The summed E-state index contributed by atoms with van der Waals surface area (Å²) in [5.74, 6) is -0.567. The maximum absolute atomic E-state index is 12.3. The minimum Gasteiger partial charge on any atom is -0.493 e. The van der Waals surface area contributed by atoms with Gasteiger partial charge in [0.2, 0.25) is 5.88 Å². The Balaban J connectivity index is 1.59. The van der Waals surface area contributed by atoms with Crippen molar-refractivity contribution in [1.82, 2.24) is 4.98 Å². The van der Waals surface area contributed by atoms with Gasteiger partial charge in [-0.15, -0.1) is 10.2 Å². The lowest BCUT2D eigenvalue weighted by molar-refractivity contribution is 0.0995. The van der Waals surface area contributed by atoms with Crippen molar-refractivity contribution in [1.29, 1.82) is 0 Å². The molecule has 2 N–H and O–H groups in total. The predicted octanol–water partition coefficient (Wildman–Crippen LogP) is 5.77. The number of nitrogens with one attached hydrogen (secondary N) is 1. The van der Waals surface area contributed by atoms with Gasteiger partial charge in [0.1, 0.15) is 0 Å². The Bertz CT molecular complexity index is 1140. The average Bonchev–Trinajstić information content (AvgIpc) is 3.01. The maximum Gasteiger partial charge on any atom is 0.295 e. The second-order valence-electron chi connectivity index (χ2n) is 6.32. The number of amides is 1. The van der Waals surface area contributed by atoms with E-state index >= 15 is 0 Å². The molecule has 0 spiro atoms. The second kappa shape index (κ2) is 6.88. The number of aryl methyl sites for hydroxylation is 1. The largest absolute Gasteiger partial charge is 0.493 e. The number of benzene rings is 3. The third kappa shape index (κ3) is 3.35. The molecular weight excluding hydrogens is 338 g/mol. The fourth-order valence-electron chi connectivity index (χ4n) is 2.97. The van der Waals surface area contributed by atoms with Gasteiger partial charge in [0.25, 0.3) is 5.91 Å². The summed E-state index contributed by atoms with van der Waals surface area (Å²) in [6, 6.07) is 22.8. The molecule has 4 aromatic rings. The van der Waals surface area contributed by atoms with E-state index in [1.165, 1.54) is 0 Å². The van der Waals surface area contributed by atoms with Crippen LogP contribution >= 0.6 is 0 Å². The first-order chi connectivity index (χ1) is 13.1. The number of azo groups is 1. The zero-order chi connectivity index (χ0) is 18.8. The molecule has 0 radical (unpaired) electrons. The maximum atomic E-state index is 12.3. The van der Waals surface area contributed by atoms with E-state index in [0.29, 0.717) is 5.56 Å². The molecule has 3 aromatic carbocycles. The van der Waals surface area contributed by atoms with Crippen LogP contribution in [0.25, 0.3) is 22.0 Å². The summed E-state index contributed by atoms with van der Waals surface area (Å²) in [4.78, 5) is 15.2. The zero-order valence-electron chi connectivity index (χ0n) is 14.7. The minimum absolute atomic E-state index is 0.105. The number of carbonyl (C=O) groups is 1. The molecule has 0 unspecified atom stereocenters. The number of carbonyl (C=O) groups excluding carboxylic acids is 1. The molecule has 0 saturated carbocycles. The number of rotatable bonds is 3. The highest BCUT2D eigenvalue weighted by atomic mass is 16.3. The lowest BCUT2D eigenvalue weighted by Gasteiger charge is -2.02. The van der Waals surface area contributed by atoms with E-state index in [1.54, 1.807) is 12.1 Å². The summed E-state index contributed by atoms with van der Waals surface area (Å²) in [6.07, 6.45) is 0. The van der Waals surface area contributed by atoms with E-state index in [-0.39, 0.29) is 11.6 Å². The van der Waals surface area contributed by atoms with Crippen LogP contribution in [0, 0.1) is 6.92 Å². The van der Waals surface area contributed by atoms with Gasteiger partial charge < -0.3 is 10.1 Å². The highest BCUT2D eigenvalue weighted by Crippen LogP contribution is 2.36. The van der Waals surface area contributed by atoms with Crippen LogP contribution in [0.1, 0.15) is 15.9 Å². The van der Waals surface area contributed by atoms with Crippen molar-refractivity contribution in [2.24, 2.45) is 10.2 Å². The molecule has 27 heavy (non-hydrogen) atoms. The van der Waals surface area contributed by atoms with Crippen LogP contribution in [-0.4, -0.2) is 16.0 Å². The highest BCUT2D eigenvalue weighted by molar-refractivity contribution is 5.97. The van der Waals surface area contributed by atoms with E-state index < -0.39 is 5.91 Å². The first-order valence-corrected chi connectivity index (χ1v) is 8.55. The van der Waals surface area contributed by atoms with Gasteiger partial charge in [-0.2, -0.15) is 0 Å². The van der Waals surface area contributed by atoms with Crippen molar-refractivity contribution in [3.05, 3.63) is 83.9 Å². The Labute approximate surface area is 156 Å². The fraction of sp³-hybridized carbons (Fsp3) is 0.0455. The highest BCUT2D eigenvalue weighted by Gasteiger charge is 2.12. The summed E-state index contributed by atoms with van der Waals surface area (Å²) in [7, 11) is 0. The Kier molecular flexibility index (Phi) is 4.26. The van der Waals surface area contributed by atoms with Crippen LogP contribution in [0.2, 0.25) is 0 Å². The molecule has 0 aliphatic rings. The fourth-order valence-corrected chi connectivity index (χ4v) is 2.97. The van der Waals surface area contributed by atoms with Gasteiger partial charge in [0, 0.05) is 10.9 Å². The van der Waals surface area contributed by atoms with Crippen molar-refractivity contribution in [2.75, 3.05) is 0 Å². The second-order valence-corrected chi connectivity index (χ2v) is 6.32. The van der Waals surface area contributed by atoms with Crippen LogP contribution in [-0.2, 0) is 0 Å². The number of H-pyrrole nitrogens is 1. The number of hydrogen-bond acceptors (Lipinski definition) is 3. The number of hydrogen-bond donors (Lipinski definition) is 2. The van der Waals surface area contributed by atoms with E-state index in [9.17, 15) is 9.90 Å². The summed E-state index contributed by atoms with van der Waals surface area (Å²) in [5.41, 5.74) is 4.58. The molecule has 1 heterocycles. The number of aromatic amines is 1. The molecule has 1 amide bonds. The molecule has 0 bridgehead atoms. The van der Waals surface area contributed by atoms with E-state index in [0.717, 1.165) is 27.6 Å². The molecule has 0 aliphatic heterocycles. The molecule has 0 aliphatic carbocycles. The standard InChI is InChI=1S/C22H17N3O2/c1-14-7-12-19-18(13-14)20(22(27)23-19)24-25-21(26)17-10-8-16(9-11-17)15-5-3-2-4-6-15/h2-13,23,27H,1H3. The van der Waals surface area contributed by atoms with Crippen molar-refractivity contribution in [3.8, 4) is 17.0 Å². The molecule has 132 valence electrons. The lowest BCUT2D eigenvalue weighted by atomic mass is 10.0. The topological polar surface area (TPSA) is 77.8 Å². The van der Waals surface area contributed by atoms with Gasteiger partial charge in [-0.3, -0.25) is 4.79 Å². The monoisotopic (exact) mass is 355 g/mol. The van der Waals surface area contributed by atoms with Crippen molar-refractivity contribution < 1.29 is 9.90 Å². The Morgan fingerprint density at radius 3 is 2.37 bits per heavy atom. The molecule has 4 rings (SSSR count). The van der Waals surface area contributed by atoms with Crippen LogP contribution in [0.15, 0.2) is 83.0 Å².